The number of nitrogens with one attached hydrogen (secondary N) is 2. The number of amides is 1. The number of fused-ring (bicyclic) bond motifs is 1. The van der Waals surface area contributed by atoms with Crippen LogP contribution in [0.25, 0.3) is 22.2 Å². The molecule has 0 spiro atoms. The van der Waals surface area contributed by atoms with Gasteiger partial charge in [-0.25, -0.2) is 0 Å². The van der Waals surface area contributed by atoms with E-state index in [0.717, 1.165) is 67.1 Å². The Bertz CT molecular complexity index is 1470. The molecule has 0 radical (unpaired) electrons. The Morgan fingerprint density at radius 1 is 1.00 bits per heavy atom. The lowest BCUT2D eigenvalue weighted by Gasteiger charge is -2.42. The summed E-state index contributed by atoms with van der Waals surface area (Å²) in [4.78, 5) is 15.7. The van der Waals surface area contributed by atoms with Gasteiger partial charge in [-0.1, -0.05) is 30.3 Å². The van der Waals surface area contributed by atoms with Crippen LogP contribution in [0.5, 0.6) is 5.75 Å². The lowest BCUT2D eigenvalue weighted by Crippen LogP contribution is -2.54. The van der Waals surface area contributed by atoms with Crippen LogP contribution >= 0.6 is 0 Å². The zero-order chi connectivity index (χ0) is 26.9. The summed E-state index contributed by atoms with van der Waals surface area (Å²) in [7, 11) is 0. The number of benzene rings is 3. The van der Waals surface area contributed by atoms with Gasteiger partial charge >= 0.3 is 0 Å². The van der Waals surface area contributed by atoms with E-state index in [4.69, 9.17) is 14.2 Å². The SMILES string of the molecule is O=C(NCC1(c2ccccc2)COC1)c1ccc2[nH]nc(-c3ccc(OC4CCN(C5COC5)CC4)cc3)c2c1. The highest BCUT2D eigenvalue weighted by molar-refractivity contribution is 6.01. The molecule has 40 heavy (non-hydrogen) atoms. The van der Waals surface area contributed by atoms with Crippen LogP contribution in [0.3, 0.4) is 0 Å². The van der Waals surface area contributed by atoms with E-state index in [1.807, 2.05) is 60.7 Å². The average molecular weight is 539 g/mol. The minimum atomic E-state index is -0.172. The molecule has 0 atom stereocenters. The summed E-state index contributed by atoms with van der Waals surface area (Å²) in [6.45, 7) is 5.60. The van der Waals surface area contributed by atoms with Crippen LogP contribution in [0.1, 0.15) is 28.8 Å². The standard InChI is InChI=1S/C32H34N4O4/c37-31(33-19-32(20-39-21-32)24-4-2-1-3-5-24)23-8-11-29-28(16-23)30(35-34-29)22-6-9-26(10-7-22)40-27-12-14-36(15-13-27)25-17-38-18-25/h1-11,16,25,27H,12-15,17-21H2,(H,33,37)(H,34,35). The number of hydrogen-bond donors (Lipinski definition) is 2. The smallest absolute Gasteiger partial charge is 0.251 e. The Kier molecular flexibility index (Phi) is 6.75. The molecule has 8 nitrogen and oxygen atoms in total. The molecule has 7 rings (SSSR count). The molecule has 3 aromatic carbocycles. The monoisotopic (exact) mass is 538 g/mol. The van der Waals surface area contributed by atoms with E-state index in [9.17, 15) is 4.79 Å². The minimum Gasteiger partial charge on any atom is -0.490 e. The molecule has 8 heteroatoms. The Morgan fingerprint density at radius 2 is 1.77 bits per heavy atom. The molecule has 1 aromatic heterocycles. The lowest BCUT2D eigenvalue weighted by molar-refractivity contribution is -0.0778. The molecule has 4 heterocycles. The first-order chi connectivity index (χ1) is 19.7. The molecule has 3 fully saturated rings. The van der Waals surface area contributed by atoms with Crippen LogP contribution in [0.15, 0.2) is 72.8 Å². The maximum Gasteiger partial charge on any atom is 0.251 e. The molecule has 2 N–H and O–H groups in total. The Morgan fingerprint density at radius 3 is 2.45 bits per heavy atom. The van der Waals surface area contributed by atoms with E-state index in [1.54, 1.807) is 0 Å². The Hall–Kier alpha value is -3.72. The number of carbonyl (C=O) groups excluding carboxylic acids is 1. The number of likely N-dealkylation sites (tertiary alicyclic amines) is 1. The summed E-state index contributed by atoms with van der Waals surface area (Å²) in [6, 6.07) is 24.6. The molecule has 3 saturated heterocycles. The quantitative estimate of drug-likeness (QED) is 0.350. The van der Waals surface area contributed by atoms with Crippen molar-refractivity contribution >= 4 is 16.8 Å². The van der Waals surface area contributed by atoms with Gasteiger partial charge in [-0.3, -0.25) is 14.8 Å². The molecule has 0 unspecified atom stereocenters. The van der Waals surface area contributed by atoms with E-state index >= 15 is 0 Å². The van der Waals surface area contributed by atoms with E-state index in [-0.39, 0.29) is 17.4 Å². The van der Waals surface area contributed by atoms with Gasteiger partial charge < -0.3 is 19.5 Å². The summed E-state index contributed by atoms with van der Waals surface area (Å²) in [5.41, 5.74) is 4.32. The first kappa shape index (κ1) is 25.3. The van der Waals surface area contributed by atoms with Crippen molar-refractivity contribution in [2.75, 3.05) is 46.1 Å². The van der Waals surface area contributed by atoms with E-state index in [0.29, 0.717) is 31.4 Å². The summed E-state index contributed by atoms with van der Waals surface area (Å²) in [5.74, 6) is 0.775. The molecule has 206 valence electrons. The van der Waals surface area contributed by atoms with Crippen molar-refractivity contribution in [3.05, 3.63) is 83.9 Å². The largest absolute Gasteiger partial charge is 0.490 e. The van der Waals surface area contributed by atoms with Gasteiger partial charge in [0, 0.05) is 36.1 Å². The fourth-order valence-corrected chi connectivity index (χ4v) is 5.91. The zero-order valence-electron chi connectivity index (χ0n) is 22.5. The van der Waals surface area contributed by atoms with Crippen molar-refractivity contribution in [1.82, 2.24) is 20.4 Å². The molecule has 3 aliphatic heterocycles. The zero-order valence-corrected chi connectivity index (χ0v) is 22.5. The van der Waals surface area contributed by atoms with Gasteiger partial charge in [0.05, 0.1) is 49.1 Å². The third-order valence-electron chi connectivity index (χ3n) is 8.60. The number of piperidine rings is 1. The molecule has 3 aliphatic rings. The van der Waals surface area contributed by atoms with Gasteiger partial charge in [0.25, 0.3) is 5.91 Å². The van der Waals surface area contributed by atoms with Crippen molar-refractivity contribution < 1.29 is 19.0 Å². The Balaban J connectivity index is 1.01. The molecule has 0 bridgehead atoms. The highest BCUT2D eigenvalue weighted by Crippen LogP contribution is 2.32. The number of rotatable bonds is 8. The van der Waals surface area contributed by atoms with Crippen molar-refractivity contribution in [2.24, 2.45) is 0 Å². The van der Waals surface area contributed by atoms with Crippen molar-refractivity contribution in [2.45, 2.75) is 30.4 Å². The number of ether oxygens (including phenoxy) is 3. The average Bonchev–Trinajstić information content (AvgIpc) is 3.37. The number of nitrogens with zero attached hydrogens (tertiary/aromatic N) is 2. The van der Waals surface area contributed by atoms with Crippen molar-refractivity contribution in [1.29, 1.82) is 0 Å². The number of aromatic amines is 1. The Labute approximate surface area is 233 Å². The highest BCUT2D eigenvalue weighted by atomic mass is 16.5. The van der Waals surface area contributed by atoms with Crippen molar-refractivity contribution in [3.63, 3.8) is 0 Å². The van der Waals surface area contributed by atoms with Crippen molar-refractivity contribution in [3.8, 4) is 17.0 Å². The highest BCUT2D eigenvalue weighted by Gasteiger charge is 2.40. The lowest BCUT2D eigenvalue weighted by atomic mass is 9.78. The second-order valence-corrected chi connectivity index (χ2v) is 11.2. The second-order valence-electron chi connectivity index (χ2n) is 11.2. The number of carbonyl (C=O) groups is 1. The van der Waals surface area contributed by atoms with Crippen LogP contribution < -0.4 is 10.1 Å². The maximum absolute atomic E-state index is 13.2. The van der Waals surface area contributed by atoms with Crippen LogP contribution in [0.4, 0.5) is 0 Å². The van der Waals surface area contributed by atoms with Gasteiger partial charge in [0.2, 0.25) is 0 Å². The summed E-state index contributed by atoms with van der Waals surface area (Å²) >= 11 is 0. The van der Waals surface area contributed by atoms with Gasteiger partial charge in [-0.05, 0) is 60.9 Å². The topological polar surface area (TPSA) is 88.7 Å². The van der Waals surface area contributed by atoms with E-state index < -0.39 is 0 Å². The fourth-order valence-electron chi connectivity index (χ4n) is 5.91. The van der Waals surface area contributed by atoms with E-state index in [1.165, 1.54) is 5.56 Å². The van der Waals surface area contributed by atoms with Crippen LogP contribution in [0.2, 0.25) is 0 Å². The summed E-state index contributed by atoms with van der Waals surface area (Å²) in [6.07, 6.45) is 2.31. The fraction of sp³-hybridized carbons (Fsp3) is 0.375. The normalized spacial score (nSPS) is 19.6. The molecular weight excluding hydrogens is 504 g/mol. The number of H-pyrrole nitrogens is 1. The van der Waals surface area contributed by atoms with Gasteiger partial charge in [0.1, 0.15) is 11.9 Å². The molecule has 4 aromatic rings. The van der Waals surface area contributed by atoms with E-state index in [2.05, 4.69) is 32.5 Å². The van der Waals surface area contributed by atoms with Gasteiger partial charge in [0.15, 0.2) is 0 Å². The number of hydrogen-bond acceptors (Lipinski definition) is 6. The van der Waals surface area contributed by atoms with Crippen LogP contribution in [-0.4, -0.2) is 79.2 Å². The molecule has 1 amide bonds. The molecular formula is C32H34N4O4. The second kappa shape index (κ2) is 10.7. The van der Waals surface area contributed by atoms with Gasteiger partial charge in [-0.15, -0.1) is 0 Å². The maximum atomic E-state index is 13.2. The minimum absolute atomic E-state index is 0.101. The summed E-state index contributed by atoms with van der Waals surface area (Å²) in [5, 5.41) is 11.7. The molecule has 0 aliphatic carbocycles. The van der Waals surface area contributed by atoms with Crippen LogP contribution in [0, 0.1) is 0 Å². The predicted octanol–water partition coefficient (Wildman–Crippen LogP) is 4.17. The predicted molar refractivity (Wildman–Crippen MR) is 153 cm³/mol. The van der Waals surface area contributed by atoms with Crippen LogP contribution in [-0.2, 0) is 14.9 Å². The number of aromatic nitrogens is 2. The van der Waals surface area contributed by atoms with Gasteiger partial charge in [-0.2, -0.15) is 5.10 Å². The third-order valence-corrected chi connectivity index (χ3v) is 8.60. The molecule has 0 saturated carbocycles. The third kappa shape index (κ3) is 4.87. The summed E-state index contributed by atoms with van der Waals surface area (Å²) < 4.78 is 17.2. The first-order valence-corrected chi connectivity index (χ1v) is 14.2. The first-order valence-electron chi connectivity index (χ1n) is 14.2.